The van der Waals surface area contributed by atoms with Crippen LogP contribution < -0.4 is 5.73 Å². The van der Waals surface area contributed by atoms with E-state index in [1.807, 2.05) is 19.1 Å². The first-order valence-electron chi connectivity index (χ1n) is 5.72. The van der Waals surface area contributed by atoms with E-state index in [1.54, 1.807) is 12.1 Å². The van der Waals surface area contributed by atoms with Crippen LogP contribution in [0.4, 0.5) is 10.1 Å². The van der Waals surface area contributed by atoms with E-state index in [9.17, 15) is 12.8 Å². The Morgan fingerprint density at radius 2 is 1.84 bits per heavy atom. The van der Waals surface area contributed by atoms with Crippen LogP contribution in [0.25, 0.3) is 0 Å². The molecule has 0 aliphatic rings. The number of sulfone groups is 1. The molecule has 2 N–H and O–H groups in total. The zero-order valence-electron chi connectivity index (χ0n) is 10.4. The topological polar surface area (TPSA) is 60.2 Å². The highest BCUT2D eigenvalue weighted by Gasteiger charge is 2.17. The average Bonchev–Trinajstić information content (AvgIpc) is 2.35. The van der Waals surface area contributed by atoms with Gasteiger partial charge in [0.15, 0.2) is 9.84 Å². The normalized spacial score (nSPS) is 11.5. The second-order valence-electron chi connectivity index (χ2n) is 4.37. The maximum Gasteiger partial charge on any atom is 0.182 e. The number of nitrogens with two attached hydrogens (primary N) is 1. The Labute approximate surface area is 111 Å². The molecule has 0 unspecified atom stereocenters. The Bertz CT molecular complexity index is 711. The molecule has 0 saturated heterocycles. The lowest BCUT2D eigenvalue weighted by atomic mass is 10.1. The number of hydrogen-bond acceptors (Lipinski definition) is 3. The van der Waals surface area contributed by atoms with Gasteiger partial charge in [-0.15, -0.1) is 0 Å². The molecule has 0 heterocycles. The molecule has 0 spiro atoms. The third kappa shape index (κ3) is 2.93. The van der Waals surface area contributed by atoms with E-state index in [2.05, 4.69) is 0 Å². The van der Waals surface area contributed by atoms with Gasteiger partial charge in [-0.1, -0.05) is 24.3 Å². The van der Waals surface area contributed by atoms with E-state index in [0.29, 0.717) is 5.56 Å². The summed E-state index contributed by atoms with van der Waals surface area (Å²) in [7, 11) is -3.57. The van der Waals surface area contributed by atoms with E-state index in [0.717, 1.165) is 11.6 Å². The van der Waals surface area contributed by atoms with Crippen molar-refractivity contribution < 1.29 is 12.8 Å². The summed E-state index contributed by atoms with van der Waals surface area (Å²) in [4.78, 5) is -0.0533. The van der Waals surface area contributed by atoms with Gasteiger partial charge in [-0.25, -0.2) is 12.8 Å². The summed E-state index contributed by atoms with van der Waals surface area (Å²) in [5, 5.41) is 0. The fraction of sp³-hybridized carbons (Fsp3) is 0.143. The first kappa shape index (κ1) is 13.5. The van der Waals surface area contributed by atoms with Crippen LogP contribution in [0.5, 0.6) is 0 Å². The molecule has 0 fully saturated rings. The lowest BCUT2D eigenvalue weighted by Crippen LogP contribution is -2.07. The van der Waals surface area contributed by atoms with E-state index >= 15 is 0 Å². The minimum absolute atomic E-state index is 0.0533. The molecule has 2 aromatic carbocycles. The summed E-state index contributed by atoms with van der Waals surface area (Å²) in [5.74, 6) is -0.867. The minimum Gasteiger partial charge on any atom is -0.396 e. The highest BCUT2D eigenvalue weighted by molar-refractivity contribution is 7.90. The molecule has 0 bridgehead atoms. The van der Waals surface area contributed by atoms with Crippen molar-refractivity contribution in [1.29, 1.82) is 0 Å². The van der Waals surface area contributed by atoms with Gasteiger partial charge < -0.3 is 5.73 Å². The zero-order chi connectivity index (χ0) is 14.0. The largest absolute Gasteiger partial charge is 0.396 e. The van der Waals surface area contributed by atoms with E-state index in [4.69, 9.17) is 5.73 Å². The van der Waals surface area contributed by atoms with Crippen molar-refractivity contribution in [3.8, 4) is 0 Å². The van der Waals surface area contributed by atoms with Crippen LogP contribution in [-0.4, -0.2) is 8.42 Å². The van der Waals surface area contributed by atoms with Crippen molar-refractivity contribution in [3.63, 3.8) is 0 Å². The number of aryl methyl sites for hydroxylation is 1. The maximum atomic E-state index is 13.3. The molecular weight excluding hydrogens is 265 g/mol. The number of halogens is 1. The number of hydrogen-bond donors (Lipinski definition) is 1. The second-order valence-corrected chi connectivity index (χ2v) is 6.36. The number of nitrogen functional groups attached to an aromatic ring is 1. The van der Waals surface area contributed by atoms with Crippen LogP contribution >= 0.6 is 0 Å². The van der Waals surface area contributed by atoms with Gasteiger partial charge in [-0.3, -0.25) is 0 Å². The molecule has 19 heavy (non-hydrogen) atoms. The van der Waals surface area contributed by atoms with Gasteiger partial charge in [0.25, 0.3) is 0 Å². The SMILES string of the molecule is Cc1ccccc1CS(=O)(=O)c1ccc(N)c(F)c1. The third-order valence-corrected chi connectivity index (χ3v) is 4.60. The molecule has 2 aromatic rings. The zero-order valence-corrected chi connectivity index (χ0v) is 11.2. The Balaban J connectivity index is 2.38. The number of anilines is 1. The second kappa shape index (κ2) is 5.01. The molecule has 0 saturated carbocycles. The van der Waals surface area contributed by atoms with Gasteiger partial charge >= 0.3 is 0 Å². The number of rotatable bonds is 3. The van der Waals surface area contributed by atoms with E-state index in [-0.39, 0.29) is 16.3 Å². The number of benzene rings is 2. The first-order chi connectivity index (χ1) is 8.90. The smallest absolute Gasteiger partial charge is 0.182 e. The van der Waals surface area contributed by atoms with Crippen LogP contribution in [0, 0.1) is 12.7 Å². The van der Waals surface area contributed by atoms with Crippen LogP contribution in [-0.2, 0) is 15.6 Å². The fourth-order valence-corrected chi connectivity index (χ4v) is 3.22. The summed E-state index contributed by atoms with van der Waals surface area (Å²) >= 11 is 0. The molecule has 0 atom stereocenters. The van der Waals surface area contributed by atoms with E-state index in [1.165, 1.54) is 12.1 Å². The molecule has 0 radical (unpaired) electrons. The molecule has 0 amide bonds. The molecular formula is C14H14FNO2S. The summed E-state index contributed by atoms with van der Waals surface area (Å²) in [5.41, 5.74) is 6.88. The van der Waals surface area contributed by atoms with Crippen molar-refractivity contribution >= 4 is 15.5 Å². The van der Waals surface area contributed by atoms with Crippen molar-refractivity contribution in [2.45, 2.75) is 17.6 Å². The van der Waals surface area contributed by atoms with Crippen molar-refractivity contribution in [1.82, 2.24) is 0 Å². The Morgan fingerprint density at radius 3 is 2.47 bits per heavy atom. The van der Waals surface area contributed by atoms with Gasteiger partial charge in [-0.05, 0) is 36.2 Å². The molecule has 0 aliphatic heterocycles. The van der Waals surface area contributed by atoms with Crippen LogP contribution in [0.15, 0.2) is 47.4 Å². The standard InChI is InChI=1S/C14H14FNO2S/c1-10-4-2-3-5-11(10)9-19(17,18)12-6-7-14(16)13(15)8-12/h2-8H,9,16H2,1H3. The maximum absolute atomic E-state index is 13.3. The summed E-state index contributed by atoms with van der Waals surface area (Å²) in [6.07, 6.45) is 0. The fourth-order valence-electron chi connectivity index (χ4n) is 1.76. The van der Waals surface area contributed by atoms with Gasteiger partial charge in [0.1, 0.15) is 5.82 Å². The lowest BCUT2D eigenvalue weighted by Gasteiger charge is -2.08. The molecule has 0 aromatic heterocycles. The molecule has 100 valence electrons. The highest BCUT2D eigenvalue weighted by atomic mass is 32.2. The monoisotopic (exact) mass is 279 g/mol. The average molecular weight is 279 g/mol. The predicted octanol–water partition coefficient (Wildman–Crippen LogP) is 2.69. The summed E-state index contributed by atoms with van der Waals surface area (Å²) < 4.78 is 37.8. The Hall–Kier alpha value is -1.88. The van der Waals surface area contributed by atoms with Gasteiger partial charge in [0.2, 0.25) is 0 Å². The highest BCUT2D eigenvalue weighted by Crippen LogP contribution is 2.21. The molecule has 5 heteroatoms. The Kier molecular flexibility index (Phi) is 3.57. The first-order valence-corrected chi connectivity index (χ1v) is 7.37. The van der Waals surface area contributed by atoms with Crippen LogP contribution in [0.1, 0.15) is 11.1 Å². The predicted molar refractivity (Wildman–Crippen MR) is 72.9 cm³/mol. The van der Waals surface area contributed by atoms with Crippen molar-refractivity contribution in [2.75, 3.05) is 5.73 Å². The summed E-state index contributed by atoms with van der Waals surface area (Å²) in [6.45, 7) is 1.84. The van der Waals surface area contributed by atoms with Gasteiger partial charge in [0.05, 0.1) is 16.3 Å². The third-order valence-electron chi connectivity index (χ3n) is 2.94. The lowest BCUT2D eigenvalue weighted by molar-refractivity contribution is 0.590. The molecule has 0 aliphatic carbocycles. The van der Waals surface area contributed by atoms with Crippen LogP contribution in [0.3, 0.4) is 0 Å². The minimum atomic E-state index is -3.57. The van der Waals surface area contributed by atoms with Gasteiger partial charge in [0, 0.05) is 0 Å². The quantitative estimate of drug-likeness (QED) is 0.879. The van der Waals surface area contributed by atoms with Crippen LogP contribution in [0.2, 0.25) is 0 Å². The van der Waals surface area contributed by atoms with E-state index < -0.39 is 15.7 Å². The van der Waals surface area contributed by atoms with Gasteiger partial charge in [-0.2, -0.15) is 0 Å². The van der Waals surface area contributed by atoms with Crippen molar-refractivity contribution in [3.05, 3.63) is 59.4 Å². The molecule has 3 nitrogen and oxygen atoms in total. The molecule has 2 rings (SSSR count). The Morgan fingerprint density at radius 1 is 1.16 bits per heavy atom. The summed E-state index contributed by atoms with van der Waals surface area (Å²) in [6, 6.07) is 10.8. The van der Waals surface area contributed by atoms with Crippen molar-refractivity contribution in [2.24, 2.45) is 0 Å².